The maximum atomic E-state index is 13.4. The number of hydrogen-bond donors (Lipinski definition) is 4. The van der Waals surface area contributed by atoms with Crippen molar-refractivity contribution >= 4 is 16.9 Å². The molecule has 1 heterocycles. The number of nitrogens with zero attached hydrogens (tertiary/aromatic N) is 1. The summed E-state index contributed by atoms with van der Waals surface area (Å²) < 4.78 is 24.0. The van der Waals surface area contributed by atoms with Crippen LogP contribution in [0.15, 0.2) is 47.6 Å². The fraction of sp³-hybridized carbons (Fsp3) is 0.348. The third-order valence-electron chi connectivity index (χ3n) is 4.98. The van der Waals surface area contributed by atoms with Gasteiger partial charge in [0.1, 0.15) is 23.4 Å². The molecule has 2 aromatic carbocycles. The van der Waals surface area contributed by atoms with Gasteiger partial charge in [0.05, 0.1) is 20.8 Å². The molecule has 0 saturated carbocycles. The van der Waals surface area contributed by atoms with Gasteiger partial charge in [0.2, 0.25) is 0 Å². The zero-order valence-corrected chi connectivity index (χ0v) is 18.0. The zero-order chi connectivity index (χ0) is 22.2. The maximum Gasteiger partial charge on any atom is 0.191 e. The van der Waals surface area contributed by atoms with Crippen LogP contribution in [0.5, 0.6) is 11.5 Å². The Balaban J connectivity index is 1.63. The van der Waals surface area contributed by atoms with E-state index in [4.69, 9.17) is 9.47 Å². The van der Waals surface area contributed by atoms with Crippen molar-refractivity contribution in [3.8, 4) is 11.5 Å². The van der Waals surface area contributed by atoms with Gasteiger partial charge < -0.3 is 30.2 Å². The third-order valence-corrected chi connectivity index (χ3v) is 4.98. The van der Waals surface area contributed by atoms with Crippen LogP contribution in [0.4, 0.5) is 4.39 Å². The molecule has 3 rings (SSSR count). The normalized spacial score (nSPS) is 12.6. The lowest BCUT2D eigenvalue weighted by Gasteiger charge is -2.16. The number of halogens is 1. The average Bonchev–Trinajstić information content (AvgIpc) is 3.18. The Labute approximate surface area is 181 Å². The molecule has 0 saturated heterocycles. The van der Waals surface area contributed by atoms with Crippen LogP contribution in [0, 0.1) is 5.82 Å². The lowest BCUT2D eigenvalue weighted by Crippen LogP contribution is -2.38. The number of hydrogen-bond acceptors (Lipinski definition) is 4. The second kappa shape index (κ2) is 10.7. The van der Waals surface area contributed by atoms with Gasteiger partial charge in [0.25, 0.3) is 0 Å². The molecule has 7 nitrogen and oxygen atoms in total. The van der Waals surface area contributed by atoms with Crippen LogP contribution in [-0.4, -0.2) is 49.9 Å². The number of H-pyrrole nitrogens is 1. The first kappa shape index (κ1) is 22.4. The van der Waals surface area contributed by atoms with Crippen LogP contribution >= 0.6 is 0 Å². The predicted molar refractivity (Wildman–Crippen MR) is 120 cm³/mol. The molecule has 0 aliphatic carbocycles. The van der Waals surface area contributed by atoms with Crippen molar-refractivity contribution < 1.29 is 19.0 Å². The highest BCUT2D eigenvalue weighted by atomic mass is 19.1. The van der Waals surface area contributed by atoms with Gasteiger partial charge in [-0.3, -0.25) is 4.99 Å². The van der Waals surface area contributed by atoms with Crippen molar-refractivity contribution in [1.29, 1.82) is 0 Å². The van der Waals surface area contributed by atoms with Crippen LogP contribution < -0.4 is 20.1 Å². The Kier molecular flexibility index (Phi) is 7.72. The number of ether oxygens (including phenoxy) is 2. The first-order valence-electron chi connectivity index (χ1n) is 10.2. The van der Waals surface area contributed by atoms with Crippen molar-refractivity contribution in [3.63, 3.8) is 0 Å². The van der Waals surface area contributed by atoms with E-state index in [9.17, 15) is 9.50 Å². The number of rotatable bonds is 9. The zero-order valence-electron chi connectivity index (χ0n) is 18.0. The lowest BCUT2D eigenvalue weighted by molar-refractivity contribution is 0.182. The summed E-state index contributed by atoms with van der Waals surface area (Å²) in [6.07, 6.45) is 1.79. The molecule has 0 aliphatic rings. The number of aromatic amines is 1. The van der Waals surface area contributed by atoms with Crippen molar-refractivity contribution in [1.82, 2.24) is 15.6 Å². The molecule has 0 fully saturated rings. The Morgan fingerprint density at radius 3 is 2.74 bits per heavy atom. The number of guanidine groups is 1. The number of fused-ring (bicyclic) bond motifs is 1. The smallest absolute Gasteiger partial charge is 0.191 e. The Bertz CT molecular complexity index is 1030. The molecule has 1 unspecified atom stereocenters. The molecule has 1 atom stereocenters. The van der Waals surface area contributed by atoms with Crippen molar-refractivity contribution in [2.75, 3.05) is 33.9 Å². The Morgan fingerprint density at radius 1 is 1.16 bits per heavy atom. The van der Waals surface area contributed by atoms with Crippen molar-refractivity contribution in [2.45, 2.75) is 19.4 Å². The van der Waals surface area contributed by atoms with Gasteiger partial charge in [-0.2, -0.15) is 0 Å². The standard InChI is InChI=1S/C23H29FN4O3/c1-4-25-23(26-10-9-15-13-27-20-11-16(24)5-7-18(15)20)28-14-21(29)19-12-17(30-2)6-8-22(19)31-3/h5-8,11-13,21,27,29H,4,9-10,14H2,1-3H3,(H2,25,26,28). The topological polar surface area (TPSA) is 90.9 Å². The summed E-state index contributed by atoms with van der Waals surface area (Å²) >= 11 is 0. The van der Waals surface area contributed by atoms with E-state index in [1.54, 1.807) is 38.5 Å². The molecule has 4 N–H and O–H groups in total. The highest BCUT2D eigenvalue weighted by Gasteiger charge is 2.15. The molecule has 0 bridgehead atoms. The fourth-order valence-corrected chi connectivity index (χ4v) is 3.40. The van der Waals surface area contributed by atoms with Gasteiger partial charge in [-0.05, 0) is 55.3 Å². The molecule has 166 valence electrons. The molecule has 0 spiro atoms. The number of nitrogens with one attached hydrogen (secondary N) is 3. The first-order valence-corrected chi connectivity index (χ1v) is 10.2. The summed E-state index contributed by atoms with van der Waals surface area (Å²) in [4.78, 5) is 7.61. The Morgan fingerprint density at radius 2 is 2.00 bits per heavy atom. The molecule has 0 aliphatic heterocycles. The van der Waals surface area contributed by atoms with Crippen LogP contribution in [0.1, 0.15) is 24.2 Å². The second-order valence-electron chi connectivity index (χ2n) is 7.02. The van der Waals surface area contributed by atoms with E-state index >= 15 is 0 Å². The minimum Gasteiger partial charge on any atom is -0.497 e. The predicted octanol–water partition coefficient (Wildman–Crippen LogP) is 3.16. The highest BCUT2D eigenvalue weighted by molar-refractivity contribution is 5.83. The minimum atomic E-state index is -0.844. The van der Waals surface area contributed by atoms with Gasteiger partial charge in [0, 0.05) is 35.8 Å². The second-order valence-corrected chi connectivity index (χ2v) is 7.02. The van der Waals surface area contributed by atoms with Crippen LogP contribution in [0.2, 0.25) is 0 Å². The number of aliphatic hydroxyl groups excluding tert-OH is 1. The molecule has 8 heteroatoms. The van der Waals surface area contributed by atoms with Gasteiger partial charge >= 0.3 is 0 Å². The molecular weight excluding hydrogens is 399 g/mol. The molecular formula is C23H29FN4O3. The lowest BCUT2D eigenvalue weighted by atomic mass is 10.1. The molecule has 0 radical (unpaired) electrons. The maximum absolute atomic E-state index is 13.4. The molecule has 1 aromatic heterocycles. The molecule has 3 aromatic rings. The number of aromatic nitrogens is 1. The quantitative estimate of drug-likeness (QED) is 0.311. The van der Waals surface area contributed by atoms with Crippen LogP contribution in [0.25, 0.3) is 10.9 Å². The summed E-state index contributed by atoms with van der Waals surface area (Å²) in [5.74, 6) is 1.57. The third kappa shape index (κ3) is 5.67. The summed E-state index contributed by atoms with van der Waals surface area (Å²) in [5.41, 5.74) is 2.50. The van der Waals surface area contributed by atoms with Gasteiger partial charge in [-0.15, -0.1) is 0 Å². The van der Waals surface area contributed by atoms with Crippen molar-refractivity contribution in [3.05, 3.63) is 59.5 Å². The highest BCUT2D eigenvalue weighted by Crippen LogP contribution is 2.29. The van der Waals surface area contributed by atoms with Gasteiger partial charge in [-0.25, -0.2) is 4.39 Å². The van der Waals surface area contributed by atoms with E-state index in [1.165, 1.54) is 12.1 Å². The number of aliphatic hydroxyl groups is 1. The molecule has 31 heavy (non-hydrogen) atoms. The van der Waals surface area contributed by atoms with E-state index in [0.717, 1.165) is 22.9 Å². The summed E-state index contributed by atoms with van der Waals surface area (Å²) in [6.45, 7) is 3.46. The monoisotopic (exact) mass is 428 g/mol. The van der Waals surface area contributed by atoms with E-state index in [0.29, 0.717) is 36.1 Å². The van der Waals surface area contributed by atoms with Crippen LogP contribution in [0.3, 0.4) is 0 Å². The number of aliphatic imine (C=N–C) groups is 1. The van der Waals surface area contributed by atoms with Crippen LogP contribution in [-0.2, 0) is 6.42 Å². The van der Waals surface area contributed by atoms with Crippen molar-refractivity contribution in [2.24, 2.45) is 4.99 Å². The number of methoxy groups -OCH3 is 2. The first-order chi connectivity index (χ1) is 15.0. The van der Waals surface area contributed by atoms with E-state index in [-0.39, 0.29) is 12.4 Å². The number of benzene rings is 2. The average molecular weight is 429 g/mol. The van der Waals surface area contributed by atoms with E-state index < -0.39 is 6.10 Å². The summed E-state index contributed by atoms with van der Waals surface area (Å²) in [5, 5.41) is 18.1. The minimum absolute atomic E-state index is 0.158. The fourth-order valence-electron chi connectivity index (χ4n) is 3.40. The SMILES string of the molecule is CCNC(=NCC(O)c1cc(OC)ccc1OC)NCCc1c[nH]c2cc(F)ccc12. The molecule has 0 amide bonds. The summed E-state index contributed by atoms with van der Waals surface area (Å²) in [7, 11) is 3.14. The Hall–Kier alpha value is -3.26. The summed E-state index contributed by atoms with van der Waals surface area (Å²) in [6, 6.07) is 10.0. The largest absolute Gasteiger partial charge is 0.497 e. The van der Waals surface area contributed by atoms with E-state index in [1.807, 2.05) is 13.1 Å². The van der Waals surface area contributed by atoms with Gasteiger partial charge in [-0.1, -0.05) is 0 Å². The van der Waals surface area contributed by atoms with Gasteiger partial charge in [0.15, 0.2) is 5.96 Å². The van der Waals surface area contributed by atoms with E-state index in [2.05, 4.69) is 20.6 Å².